The molecule has 2 rings (SSSR count). The number of carbonyl (C=O) groups is 2. The number of aromatic nitrogens is 3. The van der Waals surface area contributed by atoms with E-state index in [-0.39, 0.29) is 17.7 Å². The second-order valence-electron chi connectivity index (χ2n) is 5.02. The van der Waals surface area contributed by atoms with Gasteiger partial charge >= 0.3 is 11.8 Å². The van der Waals surface area contributed by atoms with Gasteiger partial charge in [0, 0.05) is 42.8 Å². The Morgan fingerprint density at radius 2 is 2.04 bits per heavy atom. The van der Waals surface area contributed by atoms with E-state index in [0.29, 0.717) is 0 Å². The zero-order valence-corrected chi connectivity index (χ0v) is 13.3. The fourth-order valence-electron chi connectivity index (χ4n) is 2.24. The molecule has 2 amide bonds. The number of amides is 2. The van der Waals surface area contributed by atoms with Crippen molar-refractivity contribution in [1.29, 1.82) is 0 Å². The molecule has 0 radical (unpaired) electrons. The van der Waals surface area contributed by atoms with Crippen LogP contribution in [0, 0.1) is 13.8 Å². The number of nitrogens with one attached hydrogen (secondary N) is 3. The highest BCUT2D eigenvalue weighted by molar-refractivity contribution is 6.39. The average Bonchev–Trinajstić information content (AvgIpc) is 2.81. The summed E-state index contributed by atoms with van der Waals surface area (Å²) in [5, 5.41) is 9.17. The van der Waals surface area contributed by atoms with Crippen molar-refractivity contribution in [1.82, 2.24) is 20.1 Å². The Morgan fingerprint density at radius 1 is 1.30 bits per heavy atom. The summed E-state index contributed by atoms with van der Waals surface area (Å²) in [5.74, 6) is -1.70. The van der Waals surface area contributed by atoms with Gasteiger partial charge in [0.15, 0.2) is 0 Å². The summed E-state index contributed by atoms with van der Waals surface area (Å²) in [6.07, 6.45) is 2.77. The van der Waals surface area contributed by atoms with Crippen molar-refractivity contribution in [2.24, 2.45) is 0 Å². The van der Waals surface area contributed by atoms with Crippen LogP contribution in [0.2, 0.25) is 0 Å². The number of hydrogen-bond donors (Lipinski definition) is 3. The predicted octanol–water partition coefficient (Wildman–Crippen LogP) is 0.463. The maximum Gasteiger partial charge on any atom is 0.313 e. The number of nitrogens with zero attached hydrogens (tertiary/aromatic N) is 2. The fourth-order valence-corrected chi connectivity index (χ4v) is 2.24. The first-order valence-corrected chi connectivity index (χ1v) is 7.23. The standard InChI is InChI=1S/C15H19N5O3/c1-4-20-10(3)11(9(2)19-20)7-17-14(22)15(23)18-12-8-16-6-5-13(12)21/h5-6,8H,4,7H2,1-3H3,(H,16,21)(H,17,22)(H,18,23). The second-order valence-corrected chi connectivity index (χ2v) is 5.02. The van der Waals surface area contributed by atoms with E-state index in [1.165, 1.54) is 18.5 Å². The number of rotatable bonds is 4. The Kier molecular flexibility index (Phi) is 4.95. The summed E-state index contributed by atoms with van der Waals surface area (Å²) in [7, 11) is 0. The van der Waals surface area contributed by atoms with Gasteiger partial charge in [0.1, 0.15) is 5.69 Å². The highest BCUT2D eigenvalue weighted by Crippen LogP contribution is 2.12. The minimum atomic E-state index is -0.889. The largest absolute Gasteiger partial charge is 0.366 e. The highest BCUT2D eigenvalue weighted by Gasteiger charge is 2.17. The molecule has 0 saturated carbocycles. The molecule has 0 aromatic carbocycles. The molecule has 0 aliphatic heterocycles. The van der Waals surface area contributed by atoms with Gasteiger partial charge in [-0.15, -0.1) is 0 Å². The number of hydrogen-bond acceptors (Lipinski definition) is 4. The van der Waals surface area contributed by atoms with E-state index in [1.807, 2.05) is 25.5 Å². The Morgan fingerprint density at radius 3 is 2.65 bits per heavy atom. The van der Waals surface area contributed by atoms with Crippen molar-refractivity contribution in [3.63, 3.8) is 0 Å². The number of aryl methyl sites for hydroxylation is 2. The lowest BCUT2D eigenvalue weighted by molar-refractivity contribution is -0.136. The molecule has 3 N–H and O–H groups in total. The van der Waals surface area contributed by atoms with Crippen molar-refractivity contribution < 1.29 is 9.59 Å². The van der Waals surface area contributed by atoms with Crippen molar-refractivity contribution in [2.45, 2.75) is 33.9 Å². The smallest absolute Gasteiger partial charge is 0.313 e. The zero-order chi connectivity index (χ0) is 17.0. The number of pyridine rings is 1. The molecule has 122 valence electrons. The molecule has 0 unspecified atom stereocenters. The summed E-state index contributed by atoms with van der Waals surface area (Å²) in [5.41, 5.74) is 2.29. The van der Waals surface area contributed by atoms with Crippen LogP contribution < -0.4 is 16.1 Å². The van der Waals surface area contributed by atoms with Gasteiger partial charge in [-0.2, -0.15) is 5.10 Å². The average molecular weight is 317 g/mol. The third-order valence-electron chi connectivity index (χ3n) is 3.54. The van der Waals surface area contributed by atoms with Crippen molar-refractivity contribution >= 4 is 17.5 Å². The van der Waals surface area contributed by atoms with Crippen LogP contribution >= 0.6 is 0 Å². The Bertz CT molecular complexity index is 791. The maximum atomic E-state index is 11.9. The molecule has 0 aliphatic rings. The van der Waals surface area contributed by atoms with Gasteiger partial charge in [0.2, 0.25) is 5.43 Å². The van der Waals surface area contributed by atoms with Crippen LogP contribution in [0.4, 0.5) is 5.69 Å². The predicted molar refractivity (Wildman–Crippen MR) is 84.9 cm³/mol. The Hall–Kier alpha value is -2.90. The molecular weight excluding hydrogens is 298 g/mol. The molecule has 8 heteroatoms. The molecule has 0 atom stereocenters. The summed E-state index contributed by atoms with van der Waals surface area (Å²) in [4.78, 5) is 37.9. The van der Waals surface area contributed by atoms with Gasteiger partial charge in [-0.1, -0.05) is 0 Å². The van der Waals surface area contributed by atoms with E-state index in [4.69, 9.17) is 0 Å². The van der Waals surface area contributed by atoms with Gasteiger partial charge in [-0.05, 0) is 20.8 Å². The third-order valence-corrected chi connectivity index (χ3v) is 3.54. The molecule has 2 heterocycles. The number of H-pyrrole nitrogens is 1. The summed E-state index contributed by atoms with van der Waals surface area (Å²) < 4.78 is 1.83. The van der Waals surface area contributed by atoms with Crippen LogP contribution in [0.3, 0.4) is 0 Å². The number of aromatic amines is 1. The van der Waals surface area contributed by atoms with E-state index in [0.717, 1.165) is 23.5 Å². The first kappa shape index (κ1) is 16.5. The summed E-state index contributed by atoms with van der Waals surface area (Å²) >= 11 is 0. The minimum absolute atomic E-state index is 0.0267. The van der Waals surface area contributed by atoms with Gasteiger partial charge < -0.3 is 15.6 Å². The molecular formula is C15H19N5O3. The van der Waals surface area contributed by atoms with Crippen molar-refractivity contribution in [3.8, 4) is 0 Å². The third kappa shape index (κ3) is 3.65. The normalized spacial score (nSPS) is 10.4. The fraction of sp³-hybridized carbons (Fsp3) is 0.333. The molecule has 0 saturated heterocycles. The van der Waals surface area contributed by atoms with Crippen LogP contribution in [0.15, 0.2) is 23.3 Å². The van der Waals surface area contributed by atoms with Crippen LogP contribution in [0.5, 0.6) is 0 Å². The molecule has 0 spiro atoms. The number of carbonyl (C=O) groups excluding carboxylic acids is 2. The lowest BCUT2D eigenvalue weighted by Gasteiger charge is -2.07. The van der Waals surface area contributed by atoms with Gasteiger partial charge in [0.05, 0.1) is 5.69 Å². The van der Waals surface area contributed by atoms with Crippen LogP contribution in [-0.2, 0) is 22.7 Å². The molecule has 23 heavy (non-hydrogen) atoms. The first-order valence-electron chi connectivity index (χ1n) is 7.23. The van der Waals surface area contributed by atoms with Crippen molar-refractivity contribution in [2.75, 3.05) is 5.32 Å². The van der Waals surface area contributed by atoms with E-state index in [1.54, 1.807) is 0 Å². The molecule has 0 fully saturated rings. The van der Waals surface area contributed by atoms with E-state index < -0.39 is 11.8 Å². The Labute approximate surface area is 132 Å². The topological polar surface area (TPSA) is 109 Å². The Balaban J connectivity index is 2.00. The molecule has 8 nitrogen and oxygen atoms in total. The summed E-state index contributed by atoms with van der Waals surface area (Å²) in [6, 6.07) is 1.26. The molecule has 0 aliphatic carbocycles. The van der Waals surface area contributed by atoms with Gasteiger partial charge in [-0.3, -0.25) is 19.1 Å². The molecule has 2 aromatic rings. The highest BCUT2D eigenvalue weighted by atomic mass is 16.2. The van der Waals surface area contributed by atoms with E-state index in [2.05, 4.69) is 20.7 Å². The van der Waals surface area contributed by atoms with E-state index >= 15 is 0 Å². The van der Waals surface area contributed by atoms with Crippen LogP contribution in [0.25, 0.3) is 0 Å². The maximum absolute atomic E-state index is 11.9. The van der Waals surface area contributed by atoms with Crippen LogP contribution in [-0.4, -0.2) is 26.6 Å². The lowest BCUT2D eigenvalue weighted by atomic mass is 10.2. The monoisotopic (exact) mass is 317 g/mol. The quantitative estimate of drug-likeness (QED) is 0.712. The molecule has 0 bridgehead atoms. The lowest BCUT2D eigenvalue weighted by Crippen LogP contribution is -2.36. The van der Waals surface area contributed by atoms with Crippen LogP contribution in [0.1, 0.15) is 23.9 Å². The zero-order valence-electron chi connectivity index (χ0n) is 13.3. The van der Waals surface area contributed by atoms with Gasteiger partial charge in [0.25, 0.3) is 0 Å². The van der Waals surface area contributed by atoms with Gasteiger partial charge in [-0.25, -0.2) is 0 Å². The second kappa shape index (κ2) is 6.91. The van der Waals surface area contributed by atoms with Crippen molar-refractivity contribution in [3.05, 3.63) is 45.6 Å². The summed E-state index contributed by atoms with van der Waals surface area (Å²) in [6.45, 7) is 6.68. The number of anilines is 1. The molecule has 2 aromatic heterocycles. The van der Waals surface area contributed by atoms with E-state index in [9.17, 15) is 14.4 Å². The first-order chi connectivity index (χ1) is 10.9. The SMILES string of the molecule is CCn1nc(C)c(CNC(=O)C(=O)Nc2c[nH]ccc2=O)c1C. The minimum Gasteiger partial charge on any atom is -0.366 e.